The standard InChI is InChI=1S/C16H34N.C8H18O.2ClH.Ti/c1-3-5-7-9-11-13-15-17-16-14-12-10-8-6-4-2;1-3-5-6-8(4-2)7-9;;;/h3-16H2,1-2H3;8-9H,3-7H2,1-2H3;2*1H;/q-1;;;;. The average Bonchev–Trinajstić information content (AvgIpc) is 2.67. The quantitative estimate of drug-likeness (QED) is 0.142. The van der Waals surface area contributed by atoms with E-state index in [0.29, 0.717) is 12.5 Å². The van der Waals surface area contributed by atoms with E-state index < -0.39 is 0 Å². The Hall–Kier alpha value is 1.21. The summed E-state index contributed by atoms with van der Waals surface area (Å²) in [6, 6.07) is 0. The molecule has 1 unspecified atom stereocenters. The SMILES string of the molecule is CCCCC(CC)CO.CCCCCCCC[N-]CCCCCCCC.Cl.Cl.[Ti]. The van der Waals surface area contributed by atoms with Gasteiger partial charge >= 0.3 is 0 Å². The van der Waals surface area contributed by atoms with Gasteiger partial charge < -0.3 is 10.4 Å². The van der Waals surface area contributed by atoms with Gasteiger partial charge in [0, 0.05) is 28.3 Å². The number of aliphatic hydroxyl groups is 1. The molecule has 0 radical (unpaired) electrons. The van der Waals surface area contributed by atoms with Crippen molar-refractivity contribution in [3.63, 3.8) is 0 Å². The van der Waals surface area contributed by atoms with Crippen molar-refractivity contribution in [2.75, 3.05) is 19.7 Å². The van der Waals surface area contributed by atoms with Gasteiger partial charge in [-0.25, -0.2) is 0 Å². The number of rotatable bonds is 19. The Balaban J connectivity index is -0.000000139. The first-order valence-electron chi connectivity index (χ1n) is 12.0. The summed E-state index contributed by atoms with van der Waals surface area (Å²) in [4.78, 5) is 0. The first kappa shape index (κ1) is 40.6. The summed E-state index contributed by atoms with van der Waals surface area (Å²) in [7, 11) is 0. The molecule has 29 heavy (non-hydrogen) atoms. The molecule has 0 aromatic carbocycles. The summed E-state index contributed by atoms with van der Waals surface area (Å²) in [6.45, 7) is 11.5. The van der Waals surface area contributed by atoms with Crippen molar-refractivity contribution < 1.29 is 26.8 Å². The van der Waals surface area contributed by atoms with E-state index in [1.807, 2.05) is 0 Å². The molecule has 0 aliphatic rings. The van der Waals surface area contributed by atoms with Crippen LogP contribution in [0.15, 0.2) is 0 Å². The molecule has 0 spiro atoms. The largest absolute Gasteiger partial charge is 0.662 e. The molecule has 0 bridgehead atoms. The number of halogens is 2. The predicted molar refractivity (Wildman–Crippen MR) is 135 cm³/mol. The second-order valence-electron chi connectivity index (χ2n) is 7.81. The zero-order valence-electron chi connectivity index (χ0n) is 20.2. The summed E-state index contributed by atoms with van der Waals surface area (Å²) in [5.41, 5.74) is 0. The molecule has 0 heterocycles. The van der Waals surface area contributed by atoms with Crippen molar-refractivity contribution >= 4 is 24.8 Å². The zero-order valence-corrected chi connectivity index (χ0v) is 23.4. The van der Waals surface area contributed by atoms with Crippen LogP contribution in [0.25, 0.3) is 5.32 Å². The number of hydrogen-bond acceptors (Lipinski definition) is 1. The maximum absolute atomic E-state index is 8.75. The van der Waals surface area contributed by atoms with E-state index in [1.165, 1.54) is 96.3 Å². The summed E-state index contributed by atoms with van der Waals surface area (Å²) in [5.74, 6) is 0.560. The van der Waals surface area contributed by atoms with E-state index in [2.05, 4.69) is 33.0 Å². The van der Waals surface area contributed by atoms with Gasteiger partial charge in [-0.2, -0.15) is 0 Å². The number of unbranched alkanes of at least 4 members (excludes halogenated alkanes) is 11. The molecule has 0 aromatic rings. The second kappa shape index (κ2) is 39.7. The van der Waals surface area contributed by atoms with Crippen LogP contribution in [-0.4, -0.2) is 24.8 Å². The van der Waals surface area contributed by atoms with Crippen molar-refractivity contribution in [3.8, 4) is 0 Å². The van der Waals surface area contributed by atoms with Gasteiger partial charge in [0.1, 0.15) is 0 Å². The molecular formula is C24H54Cl2NOTi-. The van der Waals surface area contributed by atoms with Gasteiger partial charge in [0.15, 0.2) is 0 Å². The van der Waals surface area contributed by atoms with Crippen molar-refractivity contribution in [2.45, 2.75) is 130 Å². The maximum atomic E-state index is 8.75. The van der Waals surface area contributed by atoms with Gasteiger partial charge in [-0.1, -0.05) is 124 Å². The van der Waals surface area contributed by atoms with Crippen LogP contribution in [0.1, 0.15) is 130 Å². The van der Waals surface area contributed by atoms with Crippen LogP contribution in [0.5, 0.6) is 0 Å². The van der Waals surface area contributed by atoms with E-state index in [4.69, 9.17) is 5.11 Å². The van der Waals surface area contributed by atoms with E-state index in [1.54, 1.807) is 0 Å². The molecule has 5 heteroatoms. The topological polar surface area (TPSA) is 34.3 Å². The Morgan fingerprint density at radius 2 is 0.966 bits per heavy atom. The minimum atomic E-state index is 0. The van der Waals surface area contributed by atoms with E-state index in [9.17, 15) is 0 Å². The molecule has 0 rings (SSSR count). The normalized spacial score (nSPS) is 10.7. The summed E-state index contributed by atoms with van der Waals surface area (Å²) < 4.78 is 0. The third kappa shape index (κ3) is 40.1. The summed E-state index contributed by atoms with van der Waals surface area (Å²) >= 11 is 0. The Bertz CT molecular complexity index is 219. The number of nitrogens with zero attached hydrogens (tertiary/aromatic N) is 1. The molecule has 0 aliphatic heterocycles. The first-order valence-corrected chi connectivity index (χ1v) is 12.0. The van der Waals surface area contributed by atoms with Crippen LogP contribution in [0.2, 0.25) is 0 Å². The molecule has 0 fully saturated rings. The van der Waals surface area contributed by atoms with Crippen LogP contribution < -0.4 is 0 Å². The monoisotopic (exact) mass is 490 g/mol. The number of hydrogen-bond donors (Lipinski definition) is 1. The van der Waals surface area contributed by atoms with Gasteiger partial charge in [0.05, 0.1) is 0 Å². The van der Waals surface area contributed by atoms with E-state index in [0.717, 1.165) is 19.5 Å². The molecule has 0 aromatic heterocycles. The Morgan fingerprint density at radius 3 is 1.31 bits per heavy atom. The second-order valence-corrected chi connectivity index (χ2v) is 7.81. The van der Waals surface area contributed by atoms with Gasteiger partial charge in [-0.15, -0.1) is 37.9 Å². The minimum Gasteiger partial charge on any atom is -0.662 e. The van der Waals surface area contributed by atoms with Crippen LogP contribution >= 0.6 is 24.8 Å². The molecule has 0 amide bonds. The van der Waals surface area contributed by atoms with Crippen molar-refractivity contribution in [2.24, 2.45) is 5.92 Å². The minimum absolute atomic E-state index is 0. The van der Waals surface area contributed by atoms with E-state index >= 15 is 0 Å². The first-order chi connectivity index (χ1) is 12.8. The molecule has 0 saturated carbocycles. The Morgan fingerprint density at radius 1 is 0.586 bits per heavy atom. The van der Waals surface area contributed by atoms with Crippen LogP contribution in [0.4, 0.5) is 0 Å². The van der Waals surface area contributed by atoms with Crippen molar-refractivity contribution in [1.29, 1.82) is 0 Å². The van der Waals surface area contributed by atoms with Gasteiger partial charge in [0.2, 0.25) is 0 Å². The summed E-state index contributed by atoms with van der Waals surface area (Å²) in [5, 5.41) is 13.4. The smallest absolute Gasteiger partial charge is 0.0459 e. The molecule has 2 nitrogen and oxygen atoms in total. The molecule has 1 atom stereocenters. The maximum Gasteiger partial charge on any atom is 0.0459 e. The third-order valence-corrected chi connectivity index (χ3v) is 5.14. The van der Waals surface area contributed by atoms with Crippen LogP contribution in [0, 0.1) is 5.92 Å². The molecular weight excluding hydrogens is 437 g/mol. The zero-order chi connectivity index (χ0) is 19.7. The summed E-state index contributed by atoms with van der Waals surface area (Å²) in [6.07, 6.45) is 21.5. The predicted octanol–water partition coefficient (Wildman–Crippen LogP) is 9.12. The van der Waals surface area contributed by atoms with Crippen molar-refractivity contribution in [3.05, 3.63) is 5.32 Å². The van der Waals surface area contributed by atoms with Crippen molar-refractivity contribution in [1.82, 2.24) is 0 Å². The fraction of sp³-hybridized carbons (Fsp3) is 1.00. The van der Waals surface area contributed by atoms with Crippen LogP contribution in [-0.2, 0) is 21.7 Å². The molecule has 1 N–H and O–H groups in total. The molecule has 0 aliphatic carbocycles. The van der Waals surface area contributed by atoms with Gasteiger partial charge in [-0.3, -0.25) is 0 Å². The van der Waals surface area contributed by atoms with Crippen LogP contribution in [0.3, 0.4) is 0 Å². The van der Waals surface area contributed by atoms with Gasteiger partial charge in [-0.05, 0) is 12.3 Å². The number of aliphatic hydroxyl groups excluding tert-OH is 1. The Labute approximate surface area is 212 Å². The fourth-order valence-electron chi connectivity index (χ4n) is 3.04. The molecule has 0 saturated heterocycles. The third-order valence-electron chi connectivity index (χ3n) is 5.14. The molecule has 180 valence electrons. The average molecular weight is 491 g/mol. The van der Waals surface area contributed by atoms with E-state index in [-0.39, 0.29) is 46.5 Å². The fourth-order valence-corrected chi connectivity index (χ4v) is 3.04. The Kier molecular flexibility index (Phi) is 55.5. The van der Waals surface area contributed by atoms with Gasteiger partial charge in [0.25, 0.3) is 0 Å².